The van der Waals surface area contributed by atoms with Gasteiger partial charge in [0, 0.05) is 18.8 Å². The molecule has 0 fully saturated rings. The molecule has 0 unspecified atom stereocenters. The molecule has 0 atom stereocenters. The summed E-state index contributed by atoms with van der Waals surface area (Å²) in [6.07, 6.45) is 0. The maximum absolute atomic E-state index is 8.97. The summed E-state index contributed by atoms with van der Waals surface area (Å²) in [4.78, 5) is 2.18. The first-order chi connectivity index (χ1) is 7.67. The molecule has 3 nitrogen and oxygen atoms in total. The highest BCUT2D eigenvalue weighted by Crippen LogP contribution is 2.23. The van der Waals surface area contributed by atoms with Crippen molar-refractivity contribution in [2.45, 2.75) is 20.8 Å². The Hall–Kier alpha value is -2.00. The molecule has 0 radical (unpaired) electrons. The lowest BCUT2D eigenvalue weighted by Gasteiger charge is -2.23. The van der Waals surface area contributed by atoms with Crippen molar-refractivity contribution in [3.8, 4) is 12.1 Å². The second-order valence-corrected chi connectivity index (χ2v) is 3.58. The van der Waals surface area contributed by atoms with E-state index in [1.54, 1.807) is 12.1 Å². The van der Waals surface area contributed by atoms with Crippen LogP contribution in [0.3, 0.4) is 0 Å². The molecule has 0 bridgehead atoms. The summed E-state index contributed by atoms with van der Waals surface area (Å²) < 4.78 is 0. The van der Waals surface area contributed by atoms with Gasteiger partial charge in [-0.15, -0.1) is 0 Å². The second-order valence-electron chi connectivity index (χ2n) is 3.58. The minimum absolute atomic E-state index is 0.454. The van der Waals surface area contributed by atoms with Gasteiger partial charge in [0.25, 0.3) is 0 Å². The minimum Gasteiger partial charge on any atom is -0.372 e. The molecule has 16 heavy (non-hydrogen) atoms. The smallest absolute Gasteiger partial charge is 0.101 e. The molecule has 0 spiro atoms. The predicted molar refractivity (Wildman–Crippen MR) is 64.2 cm³/mol. The summed E-state index contributed by atoms with van der Waals surface area (Å²) in [5.74, 6) is 0. The van der Waals surface area contributed by atoms with Crippen LogP contribution < -0.4 is 4.90 Å². The monoisotopic (exact) mass is 213 g/mol. The van der Waals surface area contributed by atoms with Crippen molar-refractivity contribution >= 4 is 5.69 Å². The maximum atomic E-state index is 8.97. The Kier molecular flexibility index (Phi) is 3.91. The van der Waals surface area contributed by atoms with E-state index in [2.05, 4.69) is 24.8 Å². The molecule has 1 aromatic rings. The molecule has 0 N–H and O–H groups in total. The fourth-order valence-corrected chi connectivity index (χ4v) is 1.79. The highest BCUT2D eigenvalue weighted by atomic mass is 15.1. The molecular weight excluding hydrogens is 198 g/mol. The third-order valence-corrected chi connectivity index (χ3v) is 2.68. The van der Waals surface area contributed by atoms with E-state index in [4.69, 9.17) is 10.5 Å². The quantitative estimate of drug-likeness (QED) is 0.775. The number of aryl methyl sites for hydroxylation is 1. The predicted octanol–water partition coefficient (Wildman–Crippen LogP) is 2.58. The summed E-state index contributed by atoms with van der Waals surface area (Å²) in [6, 6.07) is 7.71. The van der Waals surface area contributed by atoms with E-state index >= 15 is 0 Å². The fraction of sp³-hybridized carbons (Fsp3) is 0.385. The molecule has 0 aliphatic rings. The van der Waals surface area contributed by atoms with Crippen LogP contribution in [-0.2, 0) is 0 Å². The summed E-state index contributed by atoms with van der Waals surface area (Å²) in [6.45, 7) is 7.91. The number of nitriles is 2. The standard InChI is InChI=1S/C13H15N3/c1-4-16(5-2)13-7-12(9-15)11(8-14)6-10(13)3/h6-7H,4-5H2,1-3H3. The second kappa shape index (κ2) is 5.19. The lowest BCUT2D eigenvalue weighted by molar-refractivity contribution is 0.861. The van der Waals surface area contributed by atoms with E-state index in [9.17, 15) is 0 Å². The van der Waals surface area contributed by atoms with Crippen molar-refractivity contribution in [2.24, 2.45) is 0 Å². The number of rotatable bonds is 3. The molecule has 0 aromatic heterocycles. The topological polar surface area (TPSA) is 50.8 Å². The van der Waals surface area contributed by atoms with Crippen LogP contribution in [0.4, 0.5) is 5.69 Å². The summed E-state index contributed by atoms with van der Waals surface area (Å²) in [5.41, 5.74) is 2.99. The van der Waals surface area contributed by atoms with Gasteiger partial charge in [-0.3, -0.25) is 0 Å². The maximum Gasteiger partial charge on any atom is 0.101 e. The third-order valence-electron chi connectivity index (χ3n) is 2.68. The molecule has 0 heterocycles. The lowest BCUT2D eigenvalue weighted by atomic mass is 10.0. The highest BCUT2D eigenvalue weighted by Gasteiger charge is 2.10. The van der Waals surface area contributed by atoms with E-state index in [1.165, 1.54) is 0 Å². The fourth-order valence-electron chi connectivity index (χ4n) is 1.79. The molecule has 82 valence electrons. The van der Waals surface area contributed by atoms with E-state index in [0.717, 1.165) is 24.3 Å². The molecular formula is C13H15N3. The Labute approximate surface area is 96.5 Å². The van der Waals surface area contributed by atoms with E-state index in [0.29, 0.717) is 11.1 Å². The van der Waals surface area contributed by atoms with Gasteiger partial charge in [-0.25, -0.2) is 0 Å². The summed E-state index contributed by atoms with van der Waals surface area (Å²) in [5, 5.41) is 17.9. The van der Waals surface area contributed by atoms with Crippen molar-refractivity contribution in [1.29, 1.82) is 10.5 Å². The zero-order chi connectivity index (χ0) is 12.1. The number of hydrogen-bond acceptors (Lipinski definition) is 3. The van der Waals surface area contributed by atoms with E-state index < -0.39 is 0 Å². The number of anilines is 1. The zero-order valence-corrected chi connectivity index (χ0v) is 9.91. The van der Waals surface area contributed by atoms with Crippen LogP contribution in [-0.4, -0.2) is 13.1 Å². The van der Waals surface area contributed by atoms with Crippen molar-refractivity contribution in [2.75, 3.05) is 18.0 Å². The Morgan fingerprint density at radius 3 is 2.00 bits per heavy atom. The van der Waals surface area contributed by atoms with Crippen LogP contribution in [0.2, 0.25) is 0 Å². The third kappa shape index (κ3) is 2.15. The Morgan fingerprint density at radius 1 is 1.06 bits per heavy atom. The van der Waals surface area contributed by atoms with Crippen molar-refractivity contribution in [3.05, 3.63) is 28.8 Å². The highest BCUT2D eigenvalue weighted by molar-refractivity contribution is 5.62. The summed E-state index contributed by atoms with van der Waals surface area (Å²) in [7, 11) is 0. The van der Waals surface area contributed by atoms with E-state index in [1.807, 2.05) is 13.0 Å². The van der Waals surface area contributed by atoms with Crippen molar-refractivity contribution in [3.63, 3.8) is 0 Å². The molecule has 0 aliphatic carbocycles. The molecule has 0 saturated heterocycles. The van der Waals surface area contributed by atoms with Crippen LogP contribution in [0.15, 0.2) is 12.1 Å². The van der Waals surface area contributed by atoms with E-state index in [-0.39, 0.29) is 0 Å². The van der Waals surface area contributed by atoms with Crippen LogP contribution in [0, 0.1) is 29.6 Å². The molecule has 1 rings (SSSR count). The summed E-state index contributed by atoms with van der Waals surface area (Å²) >= 11 is 0. The Bertz CT molecular complexity index is 459. The Balaban J connectivity index is 3.34. The molecule has 1 aromatic carbocycles. The van der Waals surface area contributed by atoms with Crippen LogP contribution >= 0.6 is 0 Å². The van der Waals surface area contributed by atoms with Crippen LogP contribution in [0.1, 0.15) is 30.5 Å². The minimum atomic E-state index is 0.454. The number of benzene rings is 1. The van der Waals surface area contributed by atoms with Gasteiger partial charge >= 0.3 is 0 Å². The normalized spacial score (nSPS) is 9.31. The molecule has 3 heteroatoms. The van der Waals surface area contributed by atoms with Gasteiger partial charge in [-0.05, 0) is 38.5 Å². The van der Waals surface area contributed by atoms with Crippen LogP contribution in [0.25, 0.3) is 0 Å². The van der Waals surface area contributed by atoms with Gasteiger partial charge in [-0.1, -0.05) is 0 Å². The largest absolute Gasteiger partial charge is 0.372 e. The van der Waals surface area contributed by atoms with Gasteiger partial charge < -0.3 is 4.90 Å². The average molecular weight is 213 g/mol. The van der Waals surface area contributed by atoms with Gasteiger partial charge in [0.1, 0.15) is 12.1 Å². The lowest BCUT2D eigenvalue weighted by Crippen LogP contribution is -2.22. The Morgan fingerprint density at radius 2 is 1.56 bits per heavy atom. The number of hydrogen-bond donors (Lipinski definition) is 0. The first-order valence-corrected chi connectivity index (χ1v) is 5.37. The average Bonchev–Trinajstić information content (AvgIpc) is 2.32. The van der Waals surface area contributed by atoms with Gasteiger partial charge in [0.2, 0.25) is 0 Å². The molecule has 0 saturated carbocycles. The van der Waals surface area contributed by atoms with Crippen molar-refractivity contribution in [1.82, 2.24) is 0 Å². The first kappa shape index (κ1) is 12.1. The molecule has 0 amide bonds. The SMILES string of the molecule is CCN(CC)c1cc(C#N)c(C#N)cc1C. The van der Waals surface area contributed by atoms with Gasteiger partial charge in [-0.2, -0.15) is 10.5 Å². The first-order valence-electron chi connectivity index (χ1n) is 5.37. The van der Waals surface area contributed by atoms with Gasteiger partial charge in [0.05, 0.1) is 11.1 Å². The number of nitrogens with zero attached hydrogens (tertiary/aromatic N) is 3. The van der Waals surface area contributed by atoms with Gasteiger partial charge in [0.15, 0.2) is 0 Å². The van der Waals surface area contributed by atoms with Crippen LogP contribution in [0.5, 0.6) is 0 Å². The molecule has 0 aliphatic heterocycles. The zero-order valence-electron chi connectivity index (χ0n) is 9.91. The van der Waals surface area contributed by atoms with Crippen molar-refractivity contribution < 1.29 is 0 Å².